The van der Waals surface area contributed by atoms with E-state index in [9.17, 15) is 0 Å². The first kappa shape index (κ1) is 12.8. The van der Waals surface area contributed by atoms with E-state index in [-0.39, 0.29) is 0 Å². The minimum Gasteiger partial charge on any atom is -0.496 e. The fourth-order valence-electron chi connectivity index (χ4n) is 1.81. The second-order valence-electron chi connectivity index (χ2n) is 4.13. The Hall–Kier alpha value is -1.22. The summed E-state index contributed by atoms with van der Waals surface area (Å²) in [5.41, 5.74) is 3.70. The Balaban J connectivity index is 2.92. The van der Waals surface area contributed by atoms with E-state index in [0.29, 0.717) is 0 Å². The summed E-state index contributed by atoms with van der Waals surface area (Å²) in [7, 11) is 5.80. The third kappa shape index (κ3) is 2.89. The molecule has 0 aromatic heterocycles. The zero-order valence-corrected chi connectivity index (χ0v) is 10.9. The van der Waals surface area contributed by atoms with Gasteiger partial charge >= 0.3 is 0 Å². The molecule has 0 unspecified atom stereocenters. The molecule has 0 saturated carbocycles. The third-order valence-corrected chi connectivity index (χ3v) is 2.82. The van der Waals surface area contributed by atoms with Crippen molar-refractivity contribution in [3.8, 4) is 5.75 Å². The molecule has 0 radical (unpaired) electrons. The van der Waals surface area contributed by atoms with E-state index in [4.69, 9.17) is 4.74 Å². The standard InChI is InChI=1S/C13H22N2O/c1-10-9-13(16-5)11(2)8-12(10)15(4)7-6-14-3/h8-9,14H,6-7H2,1-5H3. The molecule has 0 aliphatic heterocycles. The molecule has 0 heterocycles. The minimum absolute atomic E-state index is 0.961. The third-order valence-electron chi connectivity index (χ3n) is 2.82. The number of nitrogens with one attached hydrogen (secondary N) is 1. The van der Waals surface area contributed by atoms with Gasteiger partial charge < -0.3 is 15.0 Å². The maximum atomic E-state index is 5.31. The fraction of sp³-hybridized carbons (Fsp3) is 0.538. The van der Waals surface area contributed by atoms with Crippen molar-refractivity contribution in [1.29, 1.82) is 0 Å². The Kier molecular flexibility index (Phi) is 4.62. The molecule has 0 spiro atoms. The molecule has 1 aromatic carbocycles. The normalized spacial score (nSPS) is 10.3. The largest absolute Gasteiger partial charge is 0.496 e. The van der Waals surface area contributed by atoms with E-state index < -0.39 is 0 Å². The smallest absolute Gasteiger partial charge is 0.122 e. The van der Waals surface area contributed by atoms with Gasteiger partial charge in [0.1, 0.15) is 5.75 Å². The van der Waals surface area contributed by atoms with E-state index in [2.05, 4.69) is 43.2 Å². The zero-order valence-electron chi connectivity index (χ0n) is 10.9. The van der Waals surface area contributed by atoms with E-state index in [1.165, 1.54) is 16.8 Å². The van der Waals surface area contributed by atoms with Gasteiger partial charge in [-0.2, -0.15) is 0 Å². The highest BCUT2D eigenvalue weighted by Gasteiger charge is 2.08. The van der Waals surface area contributed by atoms with Crippen LogP contribution in [0.4, 0.5) is 5.69 Å². The monoisotopic (exact) mass is 222 g/mol. The molecule has 1 rings (SSSR count). The Morgan fingerprint density at radius 3 is 2.50 bits per heavy atom. The van der Waals surface area contributed by atoms with Crippen LogP contribution in [-0.4, -0.2) is 34.3 Å². The van der Waals surface area contributed by atoms with E-state index in [0.717, 1.165) is 18.8 Å². The molecule has 0 fully saturated rings. The molecule has 3 nitrogen and oxygen atoms in total. The van der Waals surface area contributed by atoms with Crippen molar-refractivity contribution >= 4 is 5.69 Å². The van der Waals surface area contributed by atoms with Gasteiger partial charge in [-0.15, -0.1) is 0 Å². The topological polar surface area (TPSA) is 24.5 Å². The Morgan fingerprint density at radius 1 is 1.25 bits per heavy atom. The fourth-order valence-corrected chi connectivity index (χ4v) is 1.81. The van der Waals surface area contributed by atoms with Crippen molar-refractivity contribution in [2.24, 2.45) is 0 Å². The second-order valence-corrected chi connectivity index (χ2v) is 4.13. The predicted molar refractivity (Wildman–Crippen MR) is 69.7 cm³/mol. The Bertz CT molecular complexity index is 350. The van der Waals surface area contributed by atoms with Crippen molar-refractivity contribution in [2.75, 3.05) is 39.2 Å². The second kappa shape index (κ2) is 5.75. The van der Waals surface area contributed by atoms with Gasteiger partial charge in [-0.25, -0.2) is 0 Å². The number of anilines is 1. The zero-order chi connectivity index (χ0) is 12.1. The predicted octanol–water partition coefficient (Wildman–Crippen LogP) is 1.97. The number of nitrogens with zero attached hydrogens (tertiary/aromatic N) is 1. The molecule has 90 valence electrons. The van der Waals surface area contributed by atoms with E-state index in [1.54, 1.807) is 7.11 Å². The van der Waals surface area contributed by atoms with Crippen LogP contribution in [0, 0.1) is 13.8 Å². The summed E-state index contributed by atoms with van der Waals surface area (Å²) >= 11 is 0. The maximum Gasteiger partial charge on any atom is 0.122 e. The van der Waals surface area contributed by atoms with Crippen LogP contribution in [0.25, 0.3) is 0 Å². The van der Waals surface area contributed by atoms with Crippen LogP contribution in [0.2, 0.25) is 0 Å². The number of rotatable bonds is 5. The summed E-state index contributed by atoms with van der Waals surface area (Å²) in [5.74, 6) is 0.961. The number of likely N-dealkylation sites (N-methyl/N-ethyl adjacent to an activating group) is 2. The summed E-state index contributed by atoms with van der Waals surface area (Å²) in [6.45, 7) is 6.19. The highest BCUT2D eigenvalue weighted by molar-refractivity contribution is 5.58. The molecule has 16 heavy (non-hydrogen) atoms. The molecule has 1 aromatic rings. The van der Waals surface area contributed by atoms with Gasteiger partial charge in [0, 0.05) is 25.8 Å². The lowest BCUT2D eigenvalue weighted by atomic mass is 10.1. The van der Waals surface area contributed by atoms with Gasteiger partial charge in [0.2, 0.25) is 0 Å². The first-order valence-electron chi connectivity index (χ1n) is 5.61. The molecule has 0 aliphatic carbocycles. The highest BCUT2D eigenvalue weighted by atomic mass is 16.5. The number of benzene rings is 1. The summed E-state index contributed by atoms with van der Waals surface area (Å²) in [5, 5.41) is 3.16. The molecule has 0 aliphatic rings. The van der Waals surface area contributed by atoms with E-state index >= 15 is 0 Å². The van der Waals surface area contributed by atoms with Gasteiger partial charge in [0.05, 0.1) is 7.11 Å². The van der Waals surface area contributed by atoms with Crippen LogP contribution < -0.4 is 15.0 Å². The average molecular weight is 222 g/mol. The number of hydrogen-bond donors (Lipinski definition) is 1. The van der Waals surface area contributed by atoms with Crippen molar-refractivity contribution < 1.29 is 4.74 Å². The molecular weight excluding hydrogens is 200 g/mol. The maximum absolute atomic E-state index is 5.31. The summed E-state index contributed by atoms with van der Waals surface area (Å²) < 4.78 is 5.31. The highest BCUT2D eigenvalue weighted by Crippen LogP contribution is 2.27. The first-order chi connectivity index (χ1) is 7.60. The Morgan fingerprint density at radius 2 is 1.94 bits per heavy atom. The van der Waals surface area contributed by atoms with Gasteiger partial charge in [-0.3, -0.25) is 0 Å². The number of aryl methyl sites for hydroxylation is 2. The van der Waals surface area contributed by atoms with E-state index in [1.807, 2.05) is 7.05 Å². The quantitative estimate of drug-likeness (QED) is 0.824. The Labute approximate surface area is 98.4 Å². The van der Waals surface area contributed by atoms with Crippen LogP contribution >= 0.6 is 0 Å². The summed E-state index contributed by atoms with van der Waals surface area (Å²) in [6.07, 6.45) is 0. The van der Waals surface area contributed by atoms with Crippen LogP contribution in [0.1, 0.15) is 11.1 Å². The van der Waals surface area contributed by atoms with Gasteiger partial charge in [-0.05, 0) is 44.2 Å². The lowest BCUT2D eigenvalue weighted by Gasteiger charge is -2.22. The number of hydrogen-bond acceptors (Lipinski definition) is 3. The molecular formula is C13H22N2O. The van der Waals surface area contributed by atoms with Crippen molar-refractivity contribution in [1.82, 2.24) is 5.32 Å². The lowest BCUT2D eigenvalue weighted by molar-refractivity contribution is 0.411. The van der Waals surface area contributed by atoms with Crippen molar-refractivity contribution in [3.05, 3.63) is 23.3 Å². The molecule has 0 atom stereocenters. The molecule has 3 heteroatoms. The molecule has 0 amide bonds. The van der Waals surface area contributed by atoms with Crippen molar-refractivity contribution in [2.45, 2.75) is 13.8 Å². The first-order valence-corrected chi connectivity index (χ1v) is 5.61. The van der Waals surface area contributed by atoms with Crippen LogP contribution in [-0.2, 0) is 0 Å². The summed E-state index contributed by atoms with van der Waals surface area (Å²) in [6, 6.07) is 4.28. The molecule has 0 saturated heterocycles. The van der Waals surface area contributed by atoms with Crippen molar-refractivity contribution in [3.63, 3.8) is 0 Å². The average Bonchev–Trinajstić information content (AvgIpc) is 2.28. The van der Waals surface area contributed by atoms with Gasteiger partial charge in [0.15, 0.2) is 0 Å². The van der Waals surface area contributed by atoms with Crippen LogP contribution in [0.3, 0.4) is 0 Å². The lowest BCUT2D eigenvalue weighted by Crippen LogP contribution is -2.27. The molecule has 0 bridgehead atoms. The minimum atomic E-state index is 0.961. The van der Waals surface area contributed by atoms with Crippen LogP contribution in [0.15, 0.2) is 12.1 Å². The number of ether oxygens (including phenoxy) is 1. The van der Waals surface area contributed by atoms with Gasteiger partial charge in [-0.1, -0.05) is 0 Å². The van der Waals surface area contributed by atoms with Gasteiger partial charge in [0.25, 0.3) is 0 Å². The number of methoxy groups -OCH3 is 1. The summed E-state index contributed by atoms with van der Waals surface area (Å²) in [4.78, 5) is 2.26. The molecule has 1 N–H and O–H groups in total. The SMILES string of the molecule is CNCCN(C)c1cc(C)c(OC)cc1C. The van der Waals surface area contributed by atoms with Crippen LogP contribution in [0.5, 0.6) is 5.75 Å².